The summed E-state index contributed by atoms with van der Waals surface area (Å²) in [5.41, 5.74) is 7.44. The monoisotopic (exact) mass is 280 g/mol. The Morgan fingerprint density at radius 2 is 1.79 bits per heavy atom. The van der Waals surface area contributed by atoms with E-state index >= 15 is 0 Å². The smallest absolute Gasteiger partial charge is 0.230 e. The maximum Gasteiger partial charge on any atom is 0.230 e. The van der Waals surface area contributed by atoms with Crippen LogP contribution < -0.4 is 5.73 Å². The topological polar surface area (TPSA) is 86.2 Å². The van der Waals surface area contributed by atoms with E-state index in [1.165, 1.54) is 6.26 Å². The molecule has 0 aliphatic rings. The van der Waals surface area contributed by atoms with Crippen LogP contribution in [0.1, 0.15) is 19.5 Å². The minimum atomic E-state index is -3.35. The van der Waals surface area contributed by atoms with Gasteiger partial charge in [-0.2, -0.15) is 0 Å². The maximum absolute atomic E-state index is 11.9. The van der Waals surface area contributed by atoms with Crippen LogP contribution in [0, 0.1) is 0 Å². The predicted molar refractivity (Wildman–Crippen MR) is 74.2 cm³/mol. The second kappa shape index (κ2) is 4.38. The molecule has 19 heavy (non-hydrogen) atoms. The molecule has 1 heterocycles. The Morgan fingerprint density at radius 3 is 2.32 bits per heavy atom. The summed E-state index contributed by atoms with van der Waals surface area (Å²) in [4.78, 5) is 0. The molecule has 1 aromatic heterocycles. The summed E-state index contributed by atoms with van der Waals surface area (Å²) < 4.78 is 27.7. The highest BCUT2D eigenvalue weighted by Crippen LogP contribution is 2.39. The molecule has 2 rings (SSSR count). The van der Waals surface area contributed by atoms with Crippen LogP contribution >= 0.6 is 0 Å². The first-order chi connectivity index (χ1) is 8.75. The first kappa shape index (κ1) is 13.6. The lowest BCUT2D eigenvalue weighted by atomic mass is 9.99. The standard InChI is InChI=1S/C13H16N2O3S/c1-13(2,19(3,16)17)11-10(12(14)18-15-11)9-7-5-4-6-8-9/h4-8H,14H2,1-3H3. The van der Waals surface area contributed by atoms with Crippen LogP contribution in [0.5, 0.6) is 0 Å². The average Bonchev–Trinajstić information content (AvgIpc) is 2.71. The molecule has 0 amide bonds. The van der Waals surface area contributed by atoms with E-state index in [1.807, 2.05) is 30.3 Å². The molecule has 0 aliphatic heterocycles. The third-order valence-corrected chi connectivity index (χ3v) is 5.33. The Morgan fingerprint density at radius 1 is 1.21 bits per heavy atom. The van der Waals surface area contributed by atoms with Crippen molar-refractivity contribution in [2.75, 3.05) is 12.0 Å². The third kappa shape index (κ3) is 2.23. The van der Waals surface area contributed by atoms with Crippen LogP contribution in [0.25, 0.3) is 11.1 Å². The summed E-state index contributed by atoms with van der Waals surface area (Å²) >= 11 is 0. The molecule has 1 aromatic carbocycles. The van der Waals surface area contributed by atoms with Gasteiger partial charge in [0.15, 0.2) is 9.84 Å². The fourth-order valence-corrected chi connectivity index (χ4v) is 2.26. The summed E-state index contributed by atoms with van der Waals surface area (Å²) in [7, 11) is -3.35. The number of nitrogen functional groups attached to an aromatic ring is 1. The van der Waals surface area contributed by atoms with Gasteiger partial charge in [-0.25, -0.2) is 8.42 Å². The van der Waals surface area contributed by atoms with Gasteiger partial charge in [-0.05, 0) is 19.4 Å². The van der Waals surface area contributed by atoms with Gasteiger partial charge in [0.1, 0.15) is 10.4 Å². The molecule has 0 bridgehead atoms. The van der Waals surface area contributed by atoms with Gasteiger partial charge in [0.2, 0.25) is 5.88 Å². The highest BCUT2D eigenvalue weighted by Gasteiger charge is 2.39. The zero-order valence-corrected chi connectivity index (χ0v) is 11.9. The number of anilines is 1. The maximum atomic E-state index is 11.9. The zero-order chi connectivity index (χ0) is 14.3. The van der Waals surface area contributed by atoms with Crippen molar-refractivity contribution >= 4 is 15.7 Å². The number of hydrogen-bond donors (Lipinski definition) is 1. The Bertz CT molecular complexity index is 688. The summed E-state index contributed by atoms with van der Waals surface area (Å²) in [6.07, 6.45) is 1.17. The number of rotatable bonds is 3. The molecule has 0 unspecified atom stereocenters. The van der Waals surface area contributed by atoms with Crippen molar-refractivity contribution in [3.05, 3.63) is 36.0 Å². The number of nitrogens with zero attached hydrogens (tertiary/aromatic N) is 1. The molecule has 0 atom stereocenters. The molecule has 2 N–H and O–H groups in total. The number of nitrogens with two attached hydrogens (primary N) is 1. The second-order valence-electron chi connectivity index (χ2n) is 4.92. The molecule has 5 nitrogen and oxygen atoms in total. The molecule has 0 fully saturated rings. The second-order valence-corrected chi connectivity index (χ2v) is 7.48. The van der Waals surface area contributed by atoms with E-state index in [9.17, 15) is 8.42 Å². The average molecular weight is 280 g/mol. The predicted octanol–water partition coefficient (Wildman–Crippen LogP) is 2.20. The van der Waals surface area contributed by atoms with Crippen molar-refractivity contribution in [2.24, 2.45) is 0 Å². The van der Waals surface area contributed by atoms with E-state index in [2.05, 4.69) is 5.16 Å². The molecule has 0 radical (unpaired) electrons. The fourth-order valence-electron chi connectivity index (χ4n) is 1.77. The molecule has 0 aliphatic carbocycles. The van der Waals surface area contributed by atoms with E-state index in [0.29, 0.717) is 11.3 Å². The summed E-state index contributed by atoms with van der Waals surface area (Å²) in [6, 6.07) is 9.24. The first-order valence-electron chi connectivity index (χ1n) is 5.76. The van der Waals surface area contributed by atoms with Gasteiger partial charge in [0.25, 0.3) is 0 Å². The summed E-state index contributed by atoms with van der Waals surface area (Å²) in [5.74, 6) is 0.123. The normalized spacial score (nSPS) is 12.6. The van der Waals surface area contributed by atoms with Gasteiger partial charge in [0, 0.05) is 6.26 Å². The Hall–Kier alpha value is -1.82. The molecule has 0 spiro atoms. The fraction of sp³-hybridized carbons (Fsp3) is 0.308. The molecular weight excluding hydrogens is 264 g/mol. The lowest BCUT2D eigenvalue weighted by Gasteiger charge is -2.20. The Balaban J connectivity index is 2.70. The van der Waals surface area contributed by atoms with Gasteiger partial charge in [-0.1, -0.05) is 35.5 Å². The molecule has 102 valence electrons. The largest absolute Gasteiger partial charge is 0.367 e. The Labute approximate surface area is 112 Å². The number of sulfone groups is 1. The van der Waals surface area contributed by atoms with Crippen molar-refractivity contribution in [3.63, 3.8) is 0 Å². The van der Waals surface area contributed by atoms with Crippen molar-refractivity contribution in [3.8, 4) is 11.1 Å². The van der Waals surface area contributed by atoms with Gasteiger partial charge in [-0.15, -0.1) is 0 Å². The number of benzene rings is 1. The number of hydrogen-bond acceptors (Lipinski definition) is 5. The van der Waals surface area contributed by atoms with Crippen LogP contribution in [0.15, 0.2) is 34.9 Å². The van der Waals surface area contributed by atoms with Gasteiger partial charge >= 0.3 is 0 Å². The van der Waals surface area contributed by atoms with Gasteiger partial charge in [0.05, 0.1) is 5.56 Å². The first-order valence-corrected chi connectivity index (χ1v) is 7.65. The molecular formula is C13H16N2O3S. The minimum absolute atomic E-state index is 0.123. The zero-order valence-electron chi connectivity index (χ0n) is 11.0. The van der Waals surface area contributed by atoms with Gasteiger partial charge < -0.3 is 10.3 Å². The highest BCUT2D eigenvalue weighted by molar-refractivity contribution is 7.91. The van der Waals surface area contributed by atoms with E-state index in [-0.39, 0.29) is 5.88 Å². The highest BCUT2D eigenvalue weighted by atomic mass is 32.2. The van der Waals surface area contributed by atoms with E-state index < -0.39 is 14.6 Å². The van der Waals surface area contributed by atoms with Crippen LogP contribution in [0.3, 0.4) is 0 Å². The van der Waals surface area contributed by atoms with Crippen molar-refractivity contribution in [1.29, 1.82) is 0 Å². The SMILES string of the molecule is CC(C)(c1noc(N)c1-c1ccccc1)S(C)(=O)=O. The lowest BCUT2D eigenvalue weighted by molar-refractivity contribution is 0.417. The van der Waals surface area contributed by atoms with E-state index in [0.717, 1.165) is 5.56 Å². The molecule has 2 aromatic rings. The number of aromatic nitrogens is 1. The van der Waals surface area contributed by atoms with Crippen LogP contribution in [0.4, 0.5) is 5.88 Å². The summed E-state index contributed by atoms with van der Waals surface area (Å²) in [5, 5.41) is 3.85. The van der Waals surface area contributed by atoms with E-state index in [1.54, 1.807) is 13.8 Å². The van der Waals surface area contributed by atoms with Crippen LogP contribution in [-0.4, -0.2) is 19.8 Å². The Kier molecular flexibility index (Phi) is 3.14. The third-order valence-electron chi connectivity index (χ3n) is 3.28. The van der Waals surface area contributed by atoms with Crippen molar-refractivity contribution in [1.82, 2.24) is 5.16 Å². The molecule has 0 saturated heterocycles. The van der Waals surface area contributed by atoms with Crippen molar-refractivity contribution in [2.45, 2.75) is 18.6 Å². The summed E-state index contributed by atoms with van der Waals surface area (Å²) in [6.45, 7) is 3.18. The van der Waals surface area contributed by atoms with Gasteiger partial charge in [-0.3, -0.25) is 0 Å². The molecule has 6 heteroatoms. The lowest BCUT2D eigenvalue weighted by Crippen LogP contribution is -2.29. The van der Waals surface area contributed by atoms with Crippen LogP contribution in [0.2, 0.25) is 0 Å². The van der Waals surface area contributed by atoms with Crippen molar-refractivity contribution < 1.29 is 12.9 Å². The molecule has 0 saturated carbocycles. The van der Waals surface area contributed by atoms with Crippen LogP contribution in [-0.2, 0) is 14.6 Å². The quantitative estimate of drug-likeness (QED) is 0.931. The minimum Gasteiger partial charge on any atom is -0.367 e. The van der Waals surface area contributed by atoms with E-state index in [4.69, 9.17) is 10.3 Å².